The number of rotatable bonds is 8. The van der Waals surface area contributed by atoms with Crippen molar-refractivity contribution in [2.24, 2.45) is 0 Å². The lowest BCUT2D eigenvalue weighted by Gasteiger charge is -2.10. The molecule has 0 bridgehead atoms. The van der Waals surface area contributed by atoms with Gasteiger partial charge in [-0.15, -0.1) is 10.2 Å². The number of ether oxygens (including phenoxy) is 3. The summed E-state index contributed by atoms with van der Waals surface area (Å²) in [4.78, 5) is 2.15. The highest BCUT2D eigenvalue weighted by atomic mass is 16.5. The first kappa shape index (κ1) is 23.1. The molecule has 4 rings (SSSR count). The van der Waals surface area contributed by atoms with Crippen molar-refractivity contribution in [2.45, 2.75) is 6.42 Å². The van der Waals surface area contributed by atoms with E-state index in [1.54, 1.807) is 14.2 Å². The van der Waals surface area contributed by atoms with Gasteiger partial charge in [-0.1, -0.05) is 11.8 Å². The van der Waals surface area contributed by atoms with Crippen molar-refractivity contribution in [2.75, 3.05) is 41.5 Å². The van der Waals surface area contributed by atoms with Gasteiger partial charge in [0.1, 0.15) is 17.2 Å². The van der Waals surface area contributed by atoms with E-state index in [1.807, 2.05) is 65.2 Å². The molecule has 0 aliphatic heterocycles. The Morgan fingerprint density at radius 3 is 2.21 bits per heavy atom. The summed E-state index contributed by atoms with van der Waals surface area (Å²) in [5.74, 6) is 9.38. The van der Waals surface area contributed by atoms with Crippen LogP contribution in [0.5, 0.6) is 17.2 Å². The van der Waals surface area contributed by atoms with E-state index >= 15 is 0 Å². The zero-order valence-electron chi connectivity index (χ0n) is 19.9. The summed E-state index contributed by atoms with van der Waals surface area (Å²) in [5, 5.41) is 8.68. The Morgan fingerprint density at radius 1 is 0.824 bits per heavy atom. The Bertz CT molecular complexity index is 1300. The number of nitrogens with zero attached hydrogens (tertiary/aromatic N) is 4. The number of benzene rings is 2. The molecule has 0 amide bonds. The van der Waals surface area contributed by atoms with Gasteiger partial charge in [-0.05, 0) is 69.0 Å². The van der Waals surface area contributed by atoms with Crippen LogP contribution in [-0.4, -0.2) is 61.0 Å². The smallest absolute Gasteiger partial charge is 0.168 e. The Hall–Kier alpha value is -4.02. The maximum atomic E-state index is 5.84. The van der Waals surface area contributed by atoms with Gasteiger partial charge in [0.05, 0.1) is 20.8 Å². The maximum Gasteiger partial charge on any atom is 0.168 e. The molecule has 0 saturated carbocycles. The Labute approximate surface area is 199 Å². The fourth-order valence-electron chi connectivity index (χ4n) is 3.46. The average molecular weight is 457 g/mol. The largest absolute Gasteiger partial charge is 0.497 e. The minimum atomic E-state index is 0.687. The SMILES string of the molecule is COc1cc(C#Cc2ccc3nnc(-c4ccc(OCCCN(C)C)cc4)n3c2)cc(OC)c1. The first-order valence-electron chi connectivity index (χ1n) is 11.0. The molecule has 2 aromatic carbocycles. The highest BCUT2D eigenvalue weighted by Crippen LogP contribution is 2.23. The van der Waals surface area contributed by atoms with Crippen molar-refractivity contribution in [1.82, 2.24) is 19.5 Å². The van der Waals surface area contributed by atoms with Crippen LogP contribution in [0.3, 0.4) is 0 Å². The standard InChI is InChI=1S/C27H28N4O3/c1-30(2)14-5-15-34-23-11-9-22(10-12-23)27-29-28-26-13-8-20(19-31(26)27)6-7-21-16-24(32-3)18-25(17-21)33-4/h8-13,16-19H,5,14-15H2,1-4H3. The highest BCUT2D eigenvalue weighted by Gasteiger charge is 2.09. The Kier molecular flexibility index (Phi) is 7.31. The predicted octanol–water partition coefficient (Wildman–Crippen LogP) is 4.14. The molecule has 0 fully saturated rings. The number of fused-ring (bicyclic) bond motifs is 1. The summed E-state index contributed by atoms with van der Waals surface area (Å²) >= 11 is 0. The van der Waals surface area contributed by atoms with E-state index in [0.717, 1.165) is 46.9 Å². The van der Waals surface area contributed by atoms with E-state index < -0.39 is 0 Å². The molecule has 0 radical (unpaired) electrons. The number of methoxy groups -OCH3 is 2. The van der Waals surface area contributed by atoms with Gasteiger partial charge in [-0.2, -0.15) is 0 Å². The van der Waals surface area contributed by atoms with E-state index in [-0.39, 0.29) is 0 Å². The second kappa shape index (κ2) is 10.7. The number of hydrogen-bond acceptors (Lipinski definition) is 6. The van der Waals surface area contributed by atoms with Gasteiger partial charge >= 0.3 is 0 Å². The molecule has 7 nitrogen and oxygen atoms in total. The van der Waals surface area contributed by atoms with Crippen molar-refractivity contribution in [1.29, 1.82) is 0 Å². The molecule has 174 valence electrons. The van der Waals surface area contributed by atoms with E-state index in [1.165, 1.54) is 0 Å². The van der Waals surface area contributed by atoms with Crippen molar-refractivity contribution in [3.8, 4) is 40.5 Å². The summed E-state index contributed by atoms with van der Waals surface area (Å²) in [6, 6.07) is 17.3. The minimum Gasteiger partial charge on any atom is -0.497 e. The van der Waals surface area contributed by atoms with E-state index in [0.29, 0.717) is 18.1 Å². The quantitative estimate of drug-likeness (QED) is 0.293. The van der Waals surface area contributed by atoms with Crippen LogP contribution in [0.25, 0.3) is 17.0 Å². The average Bonchev–Trinajstić information content (AvgIpc) is 3.28. The predicted molar refractivity (Wildman–Crippen MR) is 133 cm³/mol. The van der Waals surface area contributed by atoms with Crippen LogP contribution in [0, 0.1) is 11.8 Å². The summed E-state index contributed by atoms with van der Waals surface area (Å²) < 4.78 is 18.4. The second-order valence-corrected chi connectivity index (χ2v) is 8.05. The molecule has 0 spiro atoms. The number of hydrogen-bond donors (Lipinski definition) is 0. The normalized spacial score (nSPS) is 10.7. The third kappa shape index (κ3) is 5.66. The fraction of sp³-hybridized carbons (Fsp3) is 0.259. The van der Waals surface area contributed by atoms with Crippen molar-refractivity contribution < 1.29 is 14.2 Å². The number of aromatic nitrogens is 3. The van der Waals surface area contributed by atoms with Crippen LogP contribution in [0.15, 0.2) is 60.8 Å². The zero-order chi connectivity index (χ0) is 23.9. The molecule has 2 heterocycles. The fourth-order valence-corrected chi connectivity index (χ4v) is 3.46. The highest BCUT2D eigenvalue weighted by molar-refractivity contribution is 5.61. The van der Waals surface area contributed by atoms with Crippen LogP contribution < -0.4 is 14.2 Å². The van der Waals surface area contributed by atoms with Gasteiger partial charge in [-0.3, -0.25) is 4.40 Å². The van der Waals surface area contributed by atoms with Gasteiger partial charge in [0, 0.05) is 35.5 Å². The van der Waals surface area contributed by atoms with Gasteiger partial charge in [0.15, 0.2) is 11.5 Å². The Balaban J connectivity index is 1.54. The van der Waals surface area contributed by atoms with Crippen molar-refractivity contribution >= 4 is 5.65 Å². The molecule has 7 heteroatoms. The molecule has 0 atom stereocenters. The monoisotopic (exact) mass is 456 g/mol. The van der Waals surface area contributed by atoms with Crippen LogP contribution in [-0.2, 0) is 0 Å². The summed E-state index contributed by atoms with van der Waals surface area (Å²) in [6.45, 7) is 1.69. The summed E-state index contributed by atoms with van der Waals surface area (Å²) in [5.41, 5.74) is 3.36. The first-order chi connectivity index (χ1) is 16.6. The van der Waals surface area contributed by atoms with Gasteiger partial charge < -0.3 is 19.1 Å². The molecule has 0 aliphatic rings. The molecule has 0 N–H and O–H groups in total. The summed E-state index contributed by atoms with van der Waals surface area (Å²) in [7, 11) is 7.37. The van der Waals surface area contributed by atoms with Crippen LogP contribution in [0.4, 0.5) is 0 Å². The summed E-state index contributed by atoms with van der Waals surface area (Å²) in [6.07, 6.45) is 2.93. The van der Waals surface area contributed by atoms with Crippen LogP contribution >= 0.6 is 0 Å². The van der Waals surface area contributed by atoms with Crippen LogP contribution in [0.2, 0.25) is 0 Å². The third-order valence-electron chi connectivity index (χ3n) is 5.24. The van der Waals surface area contributed by atoms with Crippen LogP contribution in [0.1, 0.15) is 17.5 Å². The Morgan fingerprint density at radius 2 is 1.53 bits per heavy atom. The van der Waals surface area contributed by atoms with Gasteiger partial charge in [0.2, 0.25) is 0 Å². The zero-order valence-corrected chi connectivity index (χ0v) is 19.9. The molecule has 0 unspecified atom stereocenters. The molecule has 0 aliphatic carbocycles. The van der Waals surface area contributed by atoms with E-state index in [4.69, 9.17) is 14.2 Å². The lowest BCUT2D eigenvalue weighted by Crippen LogP contribution is -2.15. The second-order valence-electron chi connectivity index (χ2n) is 8.05. The number of pyridine rings is 1. The topological polar surface area (TPSA) is 61.1 Å². The lowest BCUT2D eigenvalue weighted by molar-refractivity contribution is 0.281. The van der Waals surface area contributed by atoms with E-state index in [2.05, 4.69) is 41.0 Å². The van der Waals surface area contributed by atoms with Gasteiger partial charge in [0.25, 0.3) is 0 Å². The molecule has 0 saturated heterocycles. The maximum absolute atomic E-state index is 5.84. The lowest BCUT2D eigenvalue weighted by atomic mass is 10.2. The van der Waals surface area contributed by atoms with Crippen molar-refractivity contribution in [3.05, 3.63) is 71.9 Å². The van der Waals surface area contributed by atoms with E-state index in [9.17, 15) is 0 Å². The molecular formula is C27H28N4O3. The third-order valence-corrected chi connectivity index (χ3v) is 5.24. The molecule has 34 heavy (non-hydrogen) atoms. The molecule has 4 aromatic rings. The minimum absolute atomic E-state index is 0.687. The molecular weight excluding hydrogens is 428 g/mol. The first-order valence-corrected chi connectivity index (χ1v) is 11.0. The van der Waals surface area contributed by atoms with Crippen molar-refractivity contribution in [3.63, 3.8) is 0 Å². The molecule has 2 aromatic heterocycles. The van der Waals surface area contributed by atoms with Gasteiger partial charge in [-0.25, -0.2) is 0 Å².